The molecule has 0 fully saturated rings. The number of aryl methyl sites for hydroxylation is 1. The summed E-state index contributed by atoms with van der Waals surface area (Å²) in [5.74, 6) is -0.683. The van der Waals surface area contributed by atoms with Crippen LogP contribution in [0.5, 0.6) is 0 Å². The Balaban J connectivity index is 1.63. The van der Waals surface area contributed by atoms with E-state index in [2.05, 4.69) is 20.4 Å². The summed E-state index contributed by atoms with van der Waals surface area (Å²) in [6.45, 7) is 0.296. The van der Waals surface area contributed by atoms with Crippen molar-refractivity contribution in [2.45, 2.75) is 6.54 Å². The number of amides is 1. The molecule has 2 heterocycles. The topological polar surface area (TPSA) is 72.7 Å². The third kappa shape index (κ3) is 4.14. The van der Waals surface area contributed by atoms with Gasteiger partial charge in [-0.15, -0.1) is 0 Å². The third-order valence-corrected chi connectivity index (χ3v) is 3.57. The van der Waals surface area contributed by atoms with E-state index < -0.39 is 0 Å². The predicted molar refractivity (Wildman–Crippen MR) is 91.5 cm³/mol. The molecular weight excluding hydrogens is 321 g/mol. The first kappa shape index (κ1) is 16.5. The van der Waals surface area contributed by atoms with Gasteiger partial charge in [0, 0.05) is 31.1 Å². The fraction of sp³-hybridized carbons (Fsp3) is 0.111. The molecule has 1 aromatic carbocycles. The van der Waals surface area contributed by atoms with E-state index in [1.165, 1.54) is 18.2 Å². The second-order valence-electron chi connectivity index (χ2n) is 5.31. The average molecular weight is 337 g/mol. The highest BCUT2D eigenvalue weighted by atomic mass is 19.1. The molecule has 0 bridgehead atoms. The zero-order chi connectivity index (χ0) is 17.6. The molecule has 0 saturated carbocycles. The van der Waals surface area contributed by atoms with Crippen LogP contribution in [0.3, 0.4) is 0 Å². The number of benzene rings is 1. The van der Waals surface area contributed by atoms with Crippen LogP contribution in [0.15, 0.2) is 55.0 Å². The van der Waals surface area contributed by atoms with Gasteiger partial charge in [-0.05, 0) is 18.2 Å². The molecule has 25 heavy (non-hydrogen) atoms. The Hall–Kier alpha value is -3.35. The monoisotopic (exact) mass is 337 g/mol. The van der Waals surface area contributed by atoms with Crippen molar-refractivity contribution in [2.75, 3.05) is 0 Å². The molecule has 3 rings (SSSR count). The number of aromatic nitrogens is 4. The maximum atomic E-state index is 13.5. The normalized spacial score (nSPS) is 11.0. The van der Waals surface area contributed by atoms with Crippen LogP contribution in [-0.2, 0) is 18.4 Å². The van der Waals surface area contributed by atoms with Gasteiger partial charge in [0.15, 0.2) is 0 Å². The van der Waals surface area contributed by atoms with E-state index in [0.717, 1.165) is 5.69 Å². The van der Waals surface area contributed by atoms with E-state index in [4.69, 9.17) is 0 Å². The molecule has 0 saturated heterocycles. The van der Waals surface area contributed by atoms with Crippen molar-refractivity contribution in [3.63, 3.8) is 0 Å². The molecule has 7 heteroatoms. The van der Waals surface area contributed by atoms with Gasteiger partial charge in [-0.3, -0.25) is 19.4 Å². The average Bonchev–Trinajstić information content (AvgIpc) is 3.01. The number of halogens is 1. The van der Waals surface area contributed by atoms with Crippen molar-refractivity contribution in [3.8, 4) is 11.4 Å². The van der Waals surface area contributed by atoms with Crippen molar-refractivity contribution in [1.29, 1.82) is 0 Å². The number of rotatable bonds is 5. The number of carbonyl (C=O) groups excluding carboxylic acids is 1. The van der Waals surface area contributed by atoms with Crippen molar-refractivity contribution < 1.29 is 9.18 Å². The lowest BCUT2D eigenvalue weighted by Gasteiger charge is -2.02. The van der Waals surface area contributed by atoms with E-state index in [0.29, 0.717) is 23.5 Å². The Morgan fingerprint density at radius 3 is 2.88 bits per heavy atom. The fourth-order valence-electron chi connectivity index (χ4n) is 2.24. The minimum atomic E-state index is -0.369. The summed E-state index contributed by atoms with van der Waals surface area (Å²) in [6, 6.07) is 8.10. The zero-order valence-corrected chi connectivity index (χ0v) is 13.6. The zero-order valence-electron chi connectivity index (χ0n) is 13.6. The van der Waals surface area contributed by atoms with Gasteiger partial charge in [0.1, 0.15) is 17.2 Å². The van der Waals surface area contributed by atoms with E-state index in [1.54, 1.807) is 48.5 Å². The molecule has 0 unspecified atom stereocenters. The maximum absolute atomic E-state index is 13.5. The van der Waals surface area contributed by atoms with E-state index in [9.17, 15) is 9.18 Å². The summed E-state index contributed by atoms with van der Waals surface area (Å²) < 4.78 is 15.2. The molecule has 0 radical (unpaired) electrons. The van der Waals surface area contributed by atoms with Crippen LogP contribution in [0.4, 0.5) is 4.39 Å². The smallest absolute Gasteiger partial charge is 0.244 e. The minimum absolute atomic E-state index is 0.296. The summed E-state index contributed by atoms with van der Waals surface area (Å²) in [6.07, 6.45) is 7.56. The number of hydrogen-bond acceptors (Lipinski definition) is 4. The lowest BCUT2D eigenvalue weighted by atomic mass is 10.2. The molecule has 0 aliphatic rings. The van der Waals surface area contributed by atoms with Gasteiger partial charge < -0.3 is 5.32 Å². The second-order valence-corrected chi connectivity index (χ2v) is 5.31. The number of nitrogens with one attached hydrogen (secondary N) is 1. The highest BCUT2D eigenvalue weighted by molar-refractivity contribution is 5.91. The molecule has 1 N–H and O–H groups in total. The van der Waals surface area contributed by atoms with Crippen molar-refractivity contribution in [3.05, 3.63) is 72.1 Å². The lowest BCUT2D eigenvalue weighted by molar-refractivity contribution is -0.116. The summed E-state index contributed by atoms with van der Waals surface area (Å²) in [7, 11) is 1.79. The Bertz CT molecular complexity index is 905. The first-order chi connectivity index (χ1) is 12.1. The summed E-state index contributed by atoms with van der Waals surface area (Å²) in [4.78, 5) is 20.1. The van der Waals surface area contributed by atoms with E-state index >= 15 is 0 Å². The number of carbonyl (C=O) groups is 1. The lowest BCUT2D eigenvalue weighted by Crippen LogP contribution is -2.21. The van der Waals surface area contributed by atoms with Gasteiger partial charge >= 0.3 is 0 Å². The molecule has 1 amide bonds. The van der Waals surface area contributed by atoms with Crippen LogP contribution in [0.25, 0.3) is 17.5 Å². The van der Waals surface area contributed by atoms with Gasteiger partial charge in [-0.1, -0.05) is 18.2 Å². The molecule has 3 aromatic rings. The Morgan fingerprint density at radius 1 is 1.28 bits per heavy atom. The molecule has 0 aliphatic heterocycles. The van der Waals surface area contributed by atoms with E-state index in [1.807, 2.05) is 6.07 Å². The van der Waals surface area contributed by atoms with Crippen LogP contribution in [0.1, 0.15) is 11.3 Å². The van der Waals surface area contributed by atoms with Gasteiger partial charge in [-0.2, -0.15) is 5.10 Å². The van der Waals surface area contributed by atoms with Gasteiger partial charge in [0.2, 0.25) is 5.91 Å². The first-order valence-electron chi connectivity index (χ1n) is 7.63. The van der Waals surface area contributed by atoms with Crippen LogP contribution in [-0.4, -0.2) is 25.7 Å². The van der Waals surface area contributed by atoms with Crippen LogP contribution >= 0.6 is 0 Å². The Morgan fingerprint density at radius 2 is 2.12 bits per heavy atom. The molecule has 126 valence electrons. The highest BCUT2D eigenvalue weighted by Crippen LogP contribution is 2.15. The van der Waals surface area contributed by atoms with Crippen molar-refractivity contribution in [2.24, 2.45) is 7.05 Å². The largest absolute Gasteiger partial charge is 0.347 e. The van der Waals surface area contributed by atoms with Crippen molar-refractivity contribution in [1.82, 2.24) is 25.1 Å². The minimum Gasteiger partial charge on any atom is -0.347 e. The number of hydrogen-bond donors (Lipinski definition) is 1. The molecule has 0 aliphatic carbocycles. The molecule has 2 aromatic heterocycles. The SMILES string of the molecule is Cn1nc(-c2cnccn2)cc1CNC(=O)/C=C/c1ccccc1F. The Kier molecular flexibility index (Phi) is 4.94. The van der Waals surface area contributed by atoms with Gasteiger partial charge in [0.05, 0.1) is 18.4 Å². The fourth-order valence-corrected chi connectivity index (χ4v) is 2.24. The third-order valence-electron chi connectivity index (χ3n) is 3.57. The van der Waals surface area contributed by atoms with Crippen molar-refractivity contribution >= 4 is 12.0 Å². The van der Waals surface area contributed by atoms with Gasteiger partial charge in [0.25, 0.3) is 0 Å². The maximum Gasteiger partial charge on any atom is 0.244 e. The van der Waals surface area contributed by atoms with Crippen LogP contribution in [0, 0.1) is 5.82 Å². The molecule has 6 nitrogen and oxygen atoms in total. The quantitative estimate of drug-likeness (QED) is 0.726. The Labute approximate surface area is 144 Å². The molecular formula is C18H16FN5O. The summed E-state index contributed by atoms with van der Waals surface area (Å²) in [5, 5.41) is 7.11. The standard InChI is InChI=1S/C18H16FN5O/c1-24-14(10-16(23-24)17-12-20-8-9-21-17)11-22-18(25)7-6-13-4-2-3-5-15(13)19/h2-10,12H,11H2,1H3,(H,22,25)/b7-6+. The van der Waals surface area contributed by atoms with Crippen LogP contribution in [0.2, 0.25) is 0 Å². The van der Waals surface area contributed by atoms with Gasteiger partial charge in [-0.25, -0.2) is 4.39 Å². The van der Waals surface area contributed by atoms with Crippen LogP contribution < -0.4 is 5.32 Å². The second kappa shape index (κ2) is 7.48. The number of nitrogens with zero attached hydrogens (tertiary/aromatic N) is 4. The van der Waals surface area contributed by atoms with E-state index in [-0.39, 0.29) is 11.7 Å². The predicted octanol–water partition coefficient (Wildman–Crippen LogP) is 2.35. The summed E-state index contributed by atoms with van der Waals surface area (Å²) >= 11 is 0. The summed E-state index contributed by atoms with van der Waals surface area (Å²) in [5.41, 5.74) is 2.52. The first-order valence-corrected chi connectivity index (χ1v) is 7.63. The molecule has 0 spiro atoms. The molecule has 0 atom stereocenters. The highest BCUT2D eigenvalue weighted by Gasteiger charge is 2.09.